The van der Waals surface area contributed by atoms with Crippen molar-refractivity contribution >= 4 is 17.7 Å². The van der Waals surface area contributed by atoms with Gasteiger partial charge in [0.2, 0.25) is 12.7 Å². The van der Waals surface area contributed by atoms with Crippen LogP contribution in [0.2, 0.25) is 0 Å². The molecule has 0 spiro atoms. The second-order valence-corrected chi connectivity index (χ2v) is 7.67. The molecule has 0 saturated carbocycles. The Morgan fingerprint density at radius 3 is 2.62 bits per heavy atom. The third-order valence-electron chi connectivity index (χ3n) is 5.53. The molecule has 0 saturated heterocycles. The summed E-state index contributed by atoms with van der Waals surface area (Å²) in [4.78, 5) is 4.68. The number of benzene rings is 3. The van der Waals surface area contributed by atoms with Crippen molar-refractivity contribution in [2.45, 2.75) is 6.61 Å². The van der Waals surface area contributed by atoms with Gasteiger partial charge in [0.1, 0.15) is 5.76 Å². The number of hydrogen-bond acceptors (Lipinski definition) is 7. The minimum atomic E-state index is 0.231. The lowest BCUT2D eigenvalue weighted by Crippen LogP contribution is -2.06. The molecule has 0 amide bonds. The van der Waals surface area contributed by atoms with Gasteiger partial charge in [0.05, 0.1) is 39.5 Å². The van der Waals surface area contributed by atoms with E-state index in [1.54, 1.807) is 14.2 Å². The van der Waals surface area contributed by atoms with Crippen LogP contribution in [0.1, 0.15) is 22.3 Å². The second-order valence-electron chi connectivity index (χ2n) is 7.67. The van der Waals surface area contributed by atoms with Crippen LogP contribution in [0, 0.1) is 0 Å². The molecule has 2 aliphatic rings. The maximum absolute atomic E-state index is 6.21. The van der Waals surface area contributed by atoms with Crippen molar-refractivity contribution in [2.24, 2.45) is 4.99 Å². The molecule has 5 rings (SSSR count). The van der Waals surface area contributed by atoms with Crippen LogP contribution in [0.4, 0.5) is 0 Å². The summed E-state index contributed by atoms with van der Waals surface area (Å²) in [7, 11) is 3.22. The third-order valence-corrected chi connectivity index (χ3v) is 5.53. The Morgan fingerprint density at radius 2 is 1.79 bits per heavy atom. The number of hydrogen-bond donors (Lipinski definition) is 0. The first-order chi connectivity index (χ1) is 16.8. The summed E-state index contributed by atoms with van der Waals surface area (Å²) in [6.07, 6.45) is 1.95. The van der Waals surface area contributed by atoms with Crippen molar-refractivity contribution in [1.82, 2.24) is 0 Å². The second kappa shape index (κ2) is 9.89. The lowest BCUT2D eigenvalue weighted by Gasteiger charge is -2.10. The zero-order chi connectivity index (χ0) is 23.3. The molecule has 0 unspecified atom stereocenters. The molecular weight excluding hydrogens is 434 g/mol. The average molecular weight is 459 g/mol. The highest BCUT2D eigenvalue weighted by Crippen LogP contribution is 2.43. The molecule has 7 heteroatoms. The van der Waals surface area contributed by atoms with Crippen molar-refractivity contribution < 1.29 is 28.4 Å². The summed E-state index contributed by atoms with van der Waals surface area (Å²) in [6.45, 7) is 1.67. The monoisotopic (exact) mass is 459 g/mol. The van der Waals surface area contributed by atoms with Gasteiger partial charge in [-0.3, -0.25) is 0 Å². The molecule has 0 aliphatic carbocycles. The van der Waals surface area contributed by atoms with Gasteiger partial charge in [0.25, 0.3) is 0 Å². The lowest BCUT2D eigenvalue weighted by molar-refractivity contribution is 0.128. The Kier molecular flexibility index (Phi) is 6.35. The molecule has 2 heterocycles. The van der Waals surface area contributed by atoms with Crippen LogP contribution in [0.25, 0.3) is 11.8 Å². The Labute approximate surface area is 198 Å². The predicted molar refractivity (Wildman–Crippen MR) is 129 cm³/mol. The summed E-state index contributed by atoms with van der Waals surface area (Å²) < 4.78 is 34.1. The van der Waals surface area contributed by atoms with Crippen LogP contribution in [0.15, 0.2) is 65.7 Å². The van der Waals surface area contributed by atoms with Gasteiger partial charge in [-0.1, -0.05) is 36.4 Å². The maximum atomic E-state index is 6.21. The molecule has 0 atom stereocenters. The van der Waals surface area contributed by atoms with Gasteiger partial charge in [-0.15, -0.1) is 0 Å². The van der Waals surface area contributed by atoms with Crippen molar-refractivity contribution in [3.05, 3.63) is 82.9 Å². The predicted octanol–water partition coefficient (Wildman–Crippen LogP) is 4.92. The summed E-state index contributed by atoms with van der Waals surface area (Å²) in [5.41, 5.74) is 3.68. The number of rotatable bonds is 8. The fourth-order valence-electron chi connectivity index (χ4n) is 3.90. The van der Waals surface area contributed by atoms with E-state index in [1.807, 2.05) is 66.7 Å². The Morgan fingerprint density at radius 1 is 0.941 bits per heavy atom. The van der Waals surface area contributed by atoms with E-state index in [0.29, 0.717) is 48.7 Å². The van der Waals surface area contributed by atoms with Gasteiger partial charge in [0.15, 0.2) is 23.0 Å². The third kappa shape index (κ3) is 4.43. The zero-order valence-electron chi connectivity index (χ0n) is 19.1. The molecule has 3 aromatic carbocycles. The van der Waals surface area contributed by atoms with Crippen molar-refractivity contribution in [2.75, 3.05) is 34.2 Å². The van der Waals surface area contributed by atoms with Gasteiger partial charge in [-0.2, -0.15) is 0 Å². The number of methoxy groups -OCH3 is 2. The molecule has 0 radical (unpaired) electrons. The highest BCUT2D eigenvalue weighted by atomic mass is 16.7. The molecule has 3 aromatic rings. The standard InChI is InChI=1S/C27H25NO6/c1-29-22-11-9-20-23(14-19-8-10-21-24(15-19)33-17-32-21)34-27(25(20)26(22)30-2)28-12-13-31-16-18-6-4-3-5-7-18/h3-11,14-15H,12-13,16-17H2,1-2H3/b23-14-,28-27?. The van der Waals surface area contributed by atoms with Crippen molar-refractivity contribution in [1.29, 1.82) is 0 Å². The fourth-order valence-corrected chi connectivity index (χ4v) is 3.90. The van der Waals surface area contributed by atoms with Crippen LogP contribution in [-0.2, 0) is 16.1 Å². The first kappa shape index (κ1) is 21.9. The van der Waals surface area contributed by atoms with Crippen molar-refractivity contribution in [3.63, 3.8) is 0 Å². The minimum absolute atomic E-state index is 0.231. The normalized spacial score (nSPS) is 15.9. The molecule has 0 aromatic heterocycles. The maximum Gasteiger partial charge on any atom is 0.231 e. The molecule has 34 heavy (non-hydrogen) atoms. The van der Waals surface area contributed by atoms with E-state index in [2.05, 4.69) is 4.99 Å². The minimum Gasteiger partial charge on any atom is -0.493 e. The van der Waals surface area contributed by atoms with E-state index in [0.717, 1.165) is 28.0 Å². The highest BCUT2D eigenvalue weighted by molar-refractivity contribution is 6.11. The Bertz CT molecular complexity index is 1240. The smallest absolute Gasteiger partial charge is 0.231 e. The fraction of sp³-hybridized carbons (Fsp3) is 0.222. The molecular formula is C27H25NO6. The van der Waals surface area contributed by atoms with Crippen LogP contribution >= 0.6 is 0 Å². The lowest BCUT2D eigenvalue weighted by atomic mass is 10.0. The molecule has 7 nitrogen and oxygen atoms in total. The van der Waals surface area contributed by atoms with Crippen LogP contribution < -0.4 is 18.9 Å². The molecule has 174 valence electrons. The average Bonchev–Trinajstić information content (AvgIpc) is 3.48. The van der Waals surface area contributed by atoms with E-state index in [-0.39, 0.29) is 6.79 Å². The van der Waals surface area contributed by atoms with E-state index >= 15 is 0 Å². The first-order valence-electron chi connectivity index (χ1n) is 11.0. The number of fused-ring (bicyclic) bond motifs is 2. The van der Waals surface area contributed by atoms with E-state index in [1.165, 1.54) is 0 Å². The van der Waals surface area contributed by atoms with Gasteiger partial charge in [0, 0.05) is 5.56 Å². The van der Waals surface area contributed by atoms with Crippen LogP contribution in [0.3, 0.4) is 0 Å². The molecule has 0 fully saturated rings. The first-order valence-corrected chi connectivity index (χ1v) is 11.0. The zero-order valence-corrected chi connectivity index (χ0v) is 19.1. The van der Waals surface area contributed by atoms with Gasteiger partial charge >= 0.3 is 0 Å². The molecule has 0 N–H and O–H groups in total. The highest BCUT2D eigenvalue weighted by Gasteiger charge is 2.31. The van der Waals surface area contributed by atoms with Gasteiger partial charge in [-0.05, 0) is 41.5 Å². The SMILES string of the molecule is COc1ccc2c(c1OC)C(=NCCOCc1ccccc1)O/C2=C\c1ccc2c(c1)OCO2. The van der Waals surface area contributed by atoms with Gasteiger partial charge < -0.3 is 28.4 Å². The van der Waals surface area contributed by atoms with E-state index in [4.69, 9.17) is 28.4 Å². The number of aliphatic imine (C=N–C) groups is 1. The summed E-state index contributed by atoms with van der Waals surface area (Å²) >= 11 is 0. The van der Waals surface area contributed by atoms with Crippen LogP contribution in [-0.4, -0.2) is 40.1 Å². The number of ether oxygens (including phenoxy) is 6. The summed E-state index contributed by atoms with van der Waals surface area (Å²) in [5, 5.41) is 0. The van der Waals surface area contributed by atoms with Gasteiger partial charge in [-0.25, -0.2) is 4.99 Å². The summed E-state index contributed by atoms with van der Waals surface area (Å²) in [6, 6.07) is 19.6. The molecule has 0 bridgehead atoms. The Balaban J connectivity index is 1.40. The Hall–Kier alpha value is -3.97. The largest absolute Gasteiger partial charge is 0.493 e. The van der Waals surface area contributed by atoms with Crippen LogP contribution in [0.5, 0.6) is 23.0 Å². The quantitative estimate of drug-likeness (QED) is 0.445. The van der Waals surface area contributed by atoms with E-state index < -0.39 is 0 Å². The topological polar surface area (TPSA) is 67.7 Å². The van der Waals surface area contributed by atoms with Crippen molar-refractivity contribution in [3.8, 4) is 23.0 Å². The number of nitrogens with zero attached hydrogens (tertiary/aromatic N) is 1. The summed E-state index contributed by atoms with van der Waals surface area (Å²) in [5.74, 6) is 3.78. The molecule has 2 aliphatic heterocycles. The van der Waals surface area contributed by atoms with E-state index in [9.17, 15) is 0 Å².